The molecule has 0 aromatic heterocycles. The Hall–Kier alpha value is -3.38. The van der Waals surface area contributed by atoms with Crippen molar-refractivity contribution in [3.05, 3.63) is 71.8 Å². The minimum atomic E-state index is -0.193. The number of benzene rings is 3. The number of carbonyl (C=O) groups is 2. The van der Waals surface area contributed by atoms with Gasteiger partial charge < -0.3 is 20.3 Å². The molecule has 0 radical (unpaired) electrons. The molecule has 0 aliphatic carbocycles. The number of fused-ring (bicyclic) bond motifs is 1. The second-order valence-corrected chi connectivity index (χ2v) is 8.48. The first kappa shape index (κ1) is 22.8. The molecule has 6 heteroatoms. The molecular weight excluding hydrogens is 414 g/mol. The van der Waals surface area contributed by atoms with Gasteiger partial charge in [0.05, 0.1) is 0 Å². The number of carbonyl (C=O) groups excluding carboxylic acids is 2. The summed E-state index contributed by atoms with van der Waals surface area (Å²) in [5, 5.41) is 8.60. The average Bonchev–Trinajstić information content (AvgIpc) is 3.24. The second-order valence-electron chi connectivity index (χ2n) is 8.48. The molecule has 4 rings (SSSR count). The van der Waals surface area contributed by atoms with E-state index in [4.69, 9.17) is 4.74 Å². The highest BCUT2D eigenvalue weighted by atomic mass is 16.5. The van der Waals surface area contributed by atoms with Gasteiger partial charge in [0.2, 0.25) is 5.91 Å². The Morgan fingerprint density at radius 2 is 1.88 bits per heavy atom. The molecule has 1 aliphatic rings. The van der Waals surface area contributed by atoms with Crippen LogP contribution in [0, 0.1) is 6.92 Å². The van der Waals surface area contributed by atoms with Gasteiger partial charge in [-0.1, -0.05) is 48.0 Å². The minimum Gasteiger partial charge on any atom is -0.483 e. The molecule has 0 unspecified atom stereocenters. The van der Waals surface area contributed by atoms with Crippen LogP contribution in [0.5, 0.6) is 5.75 Å². The van der Waals surface area contributed by atoms with Gasteiger partial charge in [0.1, 0.15) is 5.75 Å². The summed E-state index contributed by atoms with van der Waals surface area (Å²) in [5.41, 5.74) is 2.93. The molecule has 2 amide bonds. The zero-order valence-electron chi connectivity index (χ0n) is 19.1. The Morgan fingerprint density at radius 1 is 1.06 bits per heavy atom. The van der Waals surface area contributed by atoms with Gasteiger partial charge in [0.15, 0.2) is 6.61 Å². The SMILES string of the molecule is Cc1ccc(NC(=O)COc2ccc3ccccc3c2CNCCCN2CCCC2=O)cc1. The van der Waals surface area contributed by atoms with Crippen LogP contribution >= 0.6 is 0 Å². The number of ether oxygens (including phenoxy) is 1. The molecule has 2 N–H and O–H groups in total. The maximum absolute atomic E-state index is 12.4. The summed E-state index contributed by atoms with van der Waals surface area (Å²) in [6.07, 6.45) is 2.56. The van der Waals surface area contributed by atoms with Crippen LogP contribution in [0.4, 0.5) is 5.69 Å². The number of likely N-dealkylation sites (tertiary alicyclic amines) is 1. The van der Waals surface area contributed by atoms with E-state index < -0.39 is 0 Å². The lowest BCUT2D eigenvalue weighted by molar-refractivity contribution is -0.127. The van der Waals surface area contributed by atoms with Crippen molar-refractivity contribution in [1.82, 2.24) is 10.2 Å². The number of aryl methyl sites for hydroxylation is 1. The zero-order chi connectivity index (χ0) is 23.0. The average molecular weight is 446 g/mol. The van der Waals surface area contributed by atoms with Crippen LogP contribution in [0.3, 0.4) is 0 Å². The fourth-order valence-corrected chi connectivity index (χ4v) is 4.16. The summed E-state index contributed by atoms with van der Waals surface area (Å²) in [6.45, 7) is 5.06. The van der Waals surface area contributed by atoms with Crippen molar-refractivity contribution in [1.29, 1.82) is 0 Å². The summed E-state index contributed by atoms with van der Waals surface area (Å²) in [5.74, 6) is 0.778. The normalized spacial score (nSPS) is 13.5. The number of rotatable bonds is 10. The Morgan fingerprint density at radius 3 is 2.67 bits per heavy atom. The lowest BCUT2D eigenvalue weighted by atomic mass is 10.0. The summed E-state index contributed by atoms with van der Waals surface area (Å²) < 4.78 is 5.95. The summed E-state index contributed by atoms with van der Waals surface area (Å²) in [7, 11) is 0. The van der Waals surface area contributed by atoms with E-state index in [9.17, 15) is 9.59 Å². The van der Waals surface area contributed by atoms with E-state index in [-0.39, 0.29) is 18.4 Å². The van der Waals surface area contributed by atoms with Gasteiger partial charge in [-0.2, -0.15) is 0 Å². The van der Waals surface area contributed by atoms with E-state index in [0.717, 1.165) is 60.1 Å². The van der Waals surface area contributed by atoms with Crippen molar-refractivity contribution < 1.29 is 14.3 Å². The molecule has 6 nitrogen and oxygen atoms in total. The van der Waals surface area contributed by atoms with Crippen molar-refractivity contribution in [2.24, 2.45) is 0 Å². The van der Waals surface area contributed by atoms with Crippen LogP contribution < -0.4 is 15.4 Å². The predicted molar refractivity (Wildman–Crippen MR) is 131 cm³/mol. The van der Waals surface area contributed by atoms with Gasteiger partial charge >= 0.3 is 0 Å². The van der Waals surface area contributed by atoms with Crippen LogP contribution in [0.1, 0.15) is 30.4 Å². The number of nitrogens with zero attached hydrogens (tertiary/aromatic N) is 1. The Bertz CT molecular complexity index is 1110. The Balaban J connectivity index is 1.36. The second kappa shape index (κ2) is 11.0. The third-order valence-electron chi connectivity index (χ3n) is 5.95. The van der Waals surface area contributed by atoms with E-state index in [0.29, 0.717) is 18.7 Å². The molecule has 0 atom stereocenters. The van der Waals surface area contributed by atoms with Gasteiger partial charge in [0.25, 0.3) is 5.91 Å². The highest BCUT2D eigenvalue weighted by molar-refractivity contribution is 5.92. The molecule has 1 fully saturated rings. The van der Waals surface area contributed by atoms with Gasteiger partial charge in [-0.15, -0.1) is 0 Å². The van der Waals surface area contributed by atoms with Crippen molar-refractivity contribution in [3.63, 3.8) is 0 Å². The van der Waals surface area contributed by atoms with Crippen LogP contribution in [-0.4, -0.2) is 43.0 Å². The van der Waals surface area contributed by atoms with Gasteiger partial charge in [0, 0.05) is 37.3 Å². The van der Waals surface area contributed by atoms with Gasteiger partial charge in [-0.25, -0.2) is 0 Å². The molecule has 0 bridgehead atoms. The fourth-order valence-electron chi connectivity index (χ4n) is 4.16. The van der Waals surface area contributed by atoms with Crippen LogP contribution in [0.15, 0.2) is 60.7 Å². The van der Waals surface area contributed by atoms with Crippen LogP contribution in [0.25, 0.3) is 10.8 Å². The van der Waals surface area contributed by atoms with Crippen molar-refractivity contribution >= 4 is 28.3 Å². The minimum absolute atomic E-state index is 0.0592. The molecule has 1 heterocycles. The van der Waals surface area contributed by atoms with Crippen molar-refractivity contribution in [2.75, 3.05) is 31.6 Å². The summed E-state index contributed by atoms with van der Waals surface area (Å²) >= 11 is 0. The number of anilines is 1. The summed E-state index contributed by atoms with van der Waals surface area (Å²) in [4.78, 5) is 26.1. The zero-order valence-corrected chi connectivity index (χ0v) is 19.1. The van der Waals surface area contributed by atoms with E-state index in [1.165, 1.54) is 0 Å². The molecule has 1 saturated heterocycles. The number of hydrogen-bond donors (Lipinski definition) is 2. The highest BCUT2D eigenvalue weighted by Gasteiger charge is 2.19. The molecule has 33 heavy (non-hydrogen) atoms. The van der Waals surface area contributed by atoms with Crippen molar-refractivity contribution in [2.45, 2.75) is 32.7 Å². The van der Waals surface area contributed by atoms with Gasteiger partial charge in [-0.3, -0.25) is 9.59 Å². The van der Waals surface area contributed by atoms with Gasteiger partial charge in [-0.05, 0) is 55.3 Å². The maximum atomic E-state index is 12.4. The summed E-state index contributed by atoms with van der Waals surface area (Å²) in [6, 6.07) is 19.8. The smallest absolute Gasteiger partial charge is 0.262 e. The maximum Gasteiger partial charge on any atom is 0.262 e. The highest BCUT2D eigenvalue weighted by Crippen LogP contribution is 2.28. The van der Waals surface area contributed by atoms with E-state index in [2.05, 4.69) is 22.8 Å². The molecule has 3 aromatic carbocycles. The largest absolute Gasteiger partial charge is 0.483 e. The first-order valence-corrected chi connectivity index (χ1v) is 11.6. The van der Waals surface area contributed by atoms with Crippen LogP contribution in [-0.2, 0) is 16.1 Å². The van der Waals surface area contributed by atoms with E-state index in [1.54, 1.807) is 0 Å². The first-order chi connectivity index (χ1) is 16.1. The molecule has 0 spiro atoms. The monoisotopic (exact) mass is 445 g/mol. The quantitative estimate of drug-likeness (QED) is 0.457. The fraction of sp³-hybridized carbons (Fsp3) is 0.333. The third kappa shape index (κ3) is 6.11. The lowest BCUT2D eigenvalue weighted by Gasteiger charge is -2.17. The third-order valence-corrected chi connectivity index (χ3v) is 5.95. The Labute approximate surface area is 194 Å². The lowest BCUT2D eigenvalue weighted by Crippen LogP contribution is -2.28. The number of amides is 2. The van der Waals surface area contributed by atoms with Crippen LogP contribution in [0.2, 0.25) is 0 Å². The molecule has 1 aliphatic heterocycles. The topological polar surface area (TPSA) is 70.7 Å². The molecule has 3 aromatic rings. The van der Waals surface area contributed by atoms with Crippen molar-refractivity contribution in [3.8, 4) is 5.75 Å². The van der Waals surface area contributed by atoms with E-state index >= 15 is 0 Å². The number of nitrogens with one attached hydrogen (secondary N) is 2. The Kier molecular flexibility index (Phi) is 7.58. The van der Waals surface area contributed by atoms with E-state index in [1.807, 2.05) is 60.4 Å². The predicted octanol–water partition coefficient (Wildman–Crippen LogP) is 4.27. The molecule has 0 saturated carbocycles. The molecular formula is C27H31N3O3. The molecule has 172 valence electrons. The number of hydrogen-bond acceptors (Lipinski definition) is 4. The first-order valence-electron chi connectivity index (χ1n) is 11.6. The standard InChI is InChI=1S/C27H31N3O3/c1-20-9-12-22(13-10-20)29-26(31)19-33-25-14-11-21-6-2-3-7-23(21)24(25)18-28-15-5-17-30-16-4-8-27(30)32/h2-3,6-7,9-14,28H,4-5,8,15-19H2,1H3,(H,29,31).